The molecule has 0 bridgehead atoms. The number of amides is 1. The Morgan fingerprint density at radius 3 is 2.41 bits per heavy atom. The third-order valence-corrected chi connectivity index (χ3v) is 6.02. The van der Waals surface area contributed by atoms with E-state index in [1.54, 1.807) is 10.9 Å². The quantitative estimate of drug-likeness (QED) is 0.530. The monoisotopic (exact) mass is 475 g/mol. The fraction of sp³-hybridized carbons (Fsp3) is 0.304. The fourth-order valence-corrected chi connectivity index (χ4v) is 3.96. The minimum Gasteiger partial charge on any atom is -0.392 e. The Bertz CT molecular complexity index is 1070. The average molecular weight is 476 g/mol. The summed E-state index contributed by atoms with van der Waals surface area (Å²) in [6.45, 7) is 1.92. The molecule has 3 aromatic rings. The maximum absolute atomic E-state index is 11.3. The Balaban J connectivity index is 1.58. The summed E-state index contributed by atoms with van der Waals surface area (Å²) in [4.78, 5) is 15.3. The van der Waals surface area contributed by atoms with Crippen LogP contribution in [-0.2, 0) is 27.4 Å². The van der Waals surface area contributed by atoms with Crippen LogP contribution in [0.15, 0.2) is 54.9 Å². The smallest absolute Gasteiger partial charge is 0.221 e. The van der Waals surface area contributed by atoms with Crippen molar-refractivity contribution in [3.05, 3.63) is 81.9 Å². The number of anilines is 1. The van der Waals surface area contributed by atoms with Crippen LogP contribution in [0, 0.1) is 0 Å². The van der Waals surface area contributed by atoms with Gasteiger partial charge in [0.05, 0.1) is 31.7 Å². The van der Waals surface area contributed by atoms with Crippen LogP contribution in [0.5, 0.6) is 0 Å². The summed E-state index contributed by atoms with van der Waals surface area (Å²) in [6.07, 6.45) is 1.14. The first-order valence-electron chi connectivity index (χ1n) is 10.2. The molecule has 168 valence electrons. The van der Waals surface area contributed by atoms with Gasteiger partial charge in [0, 0.05) is 24.6 Å². The van der Waals surface area contributed by atoms with Gasteiger partial charge in [0.25, 0.3) is 0 Å². The number of aliphatic hydroxyl groups excluding tert-OH is 1. The van der Waals surface area contributed by atoms with Crippen LogP contribution in [0.25, 0.3) is 0 Å². The molecule has 1 amide bonds. The molecular weight excluding hydrogens is 453 g/mol. The van der Waals surface area contributed by atoms with Crippen molar-refractivity contribution in [1.82, 2.24) is 9.55 Å². The van der Waals surface area contributed by atoms with Gasteiger partial charge in [0.2, 0.25) is 5.91 Å². The van der Waals surface area contributed by atoms with Gasteiger partial charge in [-0.3, -0.25) is 4.79 Å². The topological polar surface area (TPSA) is 85.6 Å². The number of aliphatic hydroxyl groups is 1. The van der Waals surface area contributed by atoms with Crippen LogP contribution >= 0.6 is 23.2 Å². The predicted octanol–water partition coefficient (Wildman–Crippen LogP) is 4.89. The summed E-state index contributed by atoms with van der Waals surface area (Å²) in [5.74, 6) is -0.134. The molecule has 7 nitrogen and oxygen atoms in total. The van der Waals surface area contributed by atoms with Crippen LogP contribution in [0.2, 0.25) is 10.3 Å². The summed E-state index contributed by atoms with van der Waals surface area (Å²) < 4.78 is 14.3. The van der Waals surface area contributed by atoms with E-state index in [9.17, 15) is 9.90 Å². The summed E-state index contributed by atoms with van der Waals surface area (Å²) in [5, 5.41) is 12.7. The van der Waals surface area contributed by atoms with Crippen LogP contribution < -0.4 is 5.32 Å². The highest BCUT2D eigenvalue weighted by Crippen LogP contribution is 2.39. The minimum absolute atomic E-state index is 0.0132. The Hall–Kier alpha value is -2.42. The summed E-state index contributed by atoms with van der Waals surface area (Å²) in [5.41, 5.74) is 3.35. The molecule has 32 heavy (non-hydrogen) atoms. The lowest BCUT2D eigenvalue weighted by Crippen LogP contribution is -2.32. The molecule has 0 aliphatic carbocycles. The van der Waals surface area contributed by atoms with Crippen LogP contribution in [0.4, 0.5) is 5.69 Å². The van der Waals surface area contributed by atoms with Crippen molar-refractivity contribution in [3.8, 4) is 0 Å². The normalized spacial score (nSPS) is 20.8. The number of rotatable bonds is 6. The lowest BCUT2D eigenvalue weighted by atomic mass is 10.00. The number of aromatic nitrogens is 2. The molecule has 0 spiro atoms. The summed E-state index contributed by atoms with van der Waals surface area (Å²) >= 11 is 12.2. The lowest BCUT2D eigenvalue weighted by molar-refractivity contribution is -0.252. The predicted molar refractivity (Wildman–Crippen MR) is 121 cm³/mol. The summed E-state index contributed by atoms with van der Waals surface area (Å²) in [7, 11) is 0. The first-order chi connectivity index (χ1) is 15.4. The van der Waals surface area contributed by atoms with Crippen LogP contribution in [0.1, 0.15) is 42.4 Å². The molecule has 4 rings (SSSR count). The second kappa shape index (κ2) is 10.0. The third-order valence-electron chi connectivity index (χ3n) is 5.25. The number of halogens is 2. The number of nitrogens with one attached hydrogen (secondary N) is 1. The van der Waals surface area contributed by atoms with Crippen molar-refractivity contribution < 1.29 is 19.4 Å². The van der Waals surface area contributed by atoms with Gasteiger partial charge in [0.15, 0.2) is 11.4 Å². The number of benzene rings is 2. The first kappa shape index (κ1) is 22.8. The molecule has 0 radical (unpaired) electrons. The van der Waals surface area contributed by atoms with Crippen molar-refractivity contribution >= 4 is 34.8 Å². The maximum Gasteiger partial charge on any atom is 0.221 e. The van der Waals surface area contributed by atoms with Crippen molar-refractivity contribution in [3.63, 3.8) is 0 Å². The van der Waals surface area contributed by atoms with E-state index in [1.165, 1.54) is 6.92 Å². The molecule has 0 saturated carbocycles. The Kier molecular flexibility index (Phi) is 7.13. The zero-order chi connectivity index (χ0) is 22.7. The maximum atomic E-state index is 11.3. The van der Waals surface area contributed by atoms with E-state index in [0.717, 1.165) is 16.7 Å². The van der Waals surface area contributed by atoms with Crippen LogP contribution in [0.3, 0.4) is 0 Å². The number of ether oxygens (including phenoxy) is 2. The van der Waals surface area contributed by atoms with E-state index >= 15 is 0 Å². The minimum atomic E-state index is -0.611. The van der Waals surface area contributed by atoms with Gasteiger partial charge in [-0.2, -0.15) is 0 Å². The Morgan fingerprint density at radius 1 is 1.12 bits per heavy atom. The van der Waals surface area contributed by atoms with Gasteiger partial charge in [-0.1, -0.05) is 59.6 Å². The molecular formula is C23H23Cl2N3O4. The van der Waals surface area contributed by atoms with Gasteiger partial charge in [-0.05, 0) is 23.3 Å². The molecule has 9 heteroatoms. The Labute approximate surface area is 195 Å². The molecule has 1 aliphatic heterocycles. The number of hydrogen-bond donors (Lipinski definition) is 2. The highest BCUT2D eigenvalue weighted by Gasteiger charge is 2.32. The molecule has 2 N–H and O–H groups in total. The number of hydrogen-bond acceptors (Lipinski definition) is 5. The third kappa shape index (κ3) is 5.31. The van der Waals surface area contributed by atoms with Crippen molar-refractivity contribution in [1.29, 1.82) is 0 Å². The average Bonchev–Trinajstić information content (AvgIpc) is 3.11. The molecule has 1 fully saturated rings. The number of carbonyl (C=O) groups excluding carboxylic acids is 1. The highest BCUT2D eigenvalue weighted by molar-refractivity contribution is 6.40. The van der Waals surface area contributed by atoms with E-state index in [1.807, 2.05) is 48.5 Å². The first-order valence-corrected chi connectivity index (χ1v) is 10.9. The van der Waals surface area contributed by atoms with Crippen LogP contribution in [-0.4, -0.2) is 26.7 Å². The summed E-state index contributed by atoms with van der Waals surface area (Å²) in [6, 6.07) is 15.0. The van der Waals surface area contributed by atoms with Crippen molar-refractivity contribution in [2.24, 2.45) is 0 Å². The second-order valence-corrected chi connectivity index (χ2v) is 8.35. The molecule has 1 saturated heterocycles. The fourth-order valence-electron chi connectivity index (χ4n) is 3.65. The van der Waals surface area contributed by atoms with E-state index in [4.69, 9.17) is 32.7 Å². The number of carbonyl (C=O) groups is 1. The van der Waals surface area contributed by atoms with E-state index < -0.39 is 6.29 Å². The van der Waals surface area contributed by atoms with Crippen molar-refractivity contribution in [2.75, 3.05) is 5.32 Å². The lowest BCUT2D eigenvalue weighted by Gasteiger charge is -2.36. The van der Waals surface area contributed by atoms with Gasteiger partial charge >= 0.3 is 0 Å². The van der Waals surface area contributed by atoms with E-state index in [0.29, 0.717) is 23.8 Å². The zero-order valence-corrected chi connectivity index (χ0v) is 18.9. The van der Waals surface area contributed by atoms with Gasteiger partial charge in [-0.25, -0.2) is 4.98 Å². The van der Waals surface area contributed by atoms with Gasteiger partial charge in [0.1, 0.15) is 5.15 Å². The molecule has 3 unspecified atom stereocenters. The molecule has 2 heterocycles. The molecule has 3 atom stereocenters. The second-order valence-electron chi connectivity index (χ2n) is 7.63. The Morgan fingerprint density at radius 2 is 1.81 bits per heavy atom. The van der Waals surface area contributed by atoms with E-state index in [-0.39, 0.29) is 29.9 Å². The highest BCUT2D eigenvalue weighted by atomic mass is 35.5. The van der Waals surface area contributed by atoms with Gasteiger partial charge < -0.3 is 24.5 Å². The standard InChI is InChI=1S/C23H23Cl2N3O4/c1-14(30)27-18-8-6-17(7-9-18)23-31-19(11-28-13-26-21(24)22(28)25)10-20(32-23)16-4-2-15(12-29)3-5-16/h2-9,13,19-20,23,29H,10-12H2,1H3,(H,27,30). The van der Waals surface area contributed by atoms with E-state index in [2.05, 4.69) is 10.3 Å². The van der Waals surface area contributed by atoms with Gasteiger partial charge in [-0.15, -0.1) is 0 Å². The number of nitrogens with zero attached hydrogens (tertiary/aromatic N) is 2. The number of imidazole rings is 1. The largest absolute Gasteiger partial charge is 0.392 e. The molecule has 1 aliphatic rings. The zero-order valence-electron chi connectivity index (χ0n) is 17.4. The SMILES string of the molecule is CC(=O)Nc1ccc(C2OC(Cn3cnc(Cl)c3Cl)CC(c3ccc(CO)cc3)O2)cc1. The molecule has 2 aromatic carbocycles. The van der Waals surface area contributed by atoms with Crippen molar-refractivity contribution in [2.45, 2.75) is 45.0 Å². The molecule has 1 aromatic heterocycles.